The SMILES string of the molecule is CCOc1ccc(-c2ccc(CCC3CC=C(c4ccc(C(C)O)c(F)c4F)CC3)c(F)c2F)c(F)c1F. The van der Waals surface area contributed by atoms with Gasteiger partial charge in [-0.15, -0.1) is 0 Å². The van der Waals surface area contributed by atoms with Crippen LogP contribution >= 0.6 is 0 Å². The van der Waals surface area contributed by atoms with Crippen LogP contribution in [0.1, 0.15) is 62.3 Å². The molecule has 0 spiro atoms. The first kappa shape index (κ1) is 27.8. The highest BCUT2D eigenvalue weighted by Crippen LogP contribution is 2.37. The number of benzene rings is 3. The van der Waals surface area contributed by atoms with Crippen LogP contribution in [0.4, 0.5) is 26.3 Å². The summed E-state index contributed by atoms with van der Waals surface area (Å²) in [6.45, 7) is 3.10. The second kappa shape index (κ2) is 11.6. The molecular formula is C30H28F6O2. The van der Waals surface area contributed by atoms with E-state index in [9.17, 15) is 31.4 Å². The lowest BCUT2D eigenvalue weighted by Crippen LogP contribution is -2.10. The van der Waals surface area contributed by atoms with Crippen LogP contribution in [0, 0.1) is 40.8 Å². The quantitative estimate of drug-likeness (QED) is 0.294. The fourth-order valence-corrected chi connectivity index (χ4v) is 4.89. The van der Waals surface area contributed by atoms with Crippen molar-refractivity contribution in [2.24, 2.45) is 5.92 Å². The number of allylic oxidation sites excluding steroid dienone is 2. The smallest absolute Gasteiger partial charge is 0.201 e. The van der Waals surface area contributed by atoms with Crippen LogP contribution in [0.3, 0.4) is 0 Å². The maximum Gasteiger partial charge on any atom is 0.201 e. The van der Waals surface area contributed by atoms with E-state index in [1.54, 1.807) is 6.92 Å². The first-order valence-electron chi connectivity index (χ1n) is 12.6. The molecule has 1 aliphatic rings. The molecule has 0 aromatic heterocycles. The largest absolute Gasteiger partial charge is 0.491 e. The Balaban J connectivity index is 1.45. The number of aryl methyl sites for hydroxylation is 1. The molecule has 1 N–H and O–H groups in total. The van der Waals surface area contributed by atoms with Crippen molar-refractivity contribution in [2.75, 3.05) is 6.61 Å². The molecule has 0 amide bonds. The first-order chi connectivity index (χ1) is 18.1. The van der Waals surface area contributed by atoms with E-state index < -0.39 is 46.6 Å². The highest BCUT2D eigenvalue weighted by molar-refractivity contribution is 5.68. The molecule has 8 heteroatoms. The summed E-state index contributed by atoms with van der Waals surface area (Å²) in [6, 6.07) is 7.77. The maximum atomic E-state index is 14.9. The van der Waals surface area contributed by atoms with E-state index in [2.05, 4.69) is 0 Å². The summed E-state index contributed by atoms with van der Waals surface area (Å²) in [5, 5.41) is 9.57. The van der Waals surface area contributed by atoms with E-state index in [-0.39, 0.29) is 46.9 Å². The van der Waals surface area contributed by atoms with Crippen LogP contribution in [0.2, 0.25) is 0 Å². The molecule has 3 aromatic carbocycles. The lowest BCUT2D eigenvalue weighted by molar-refractivity contribution is 0.192. The van der Waals surface area contributed by atoms with Crippen LogP contribution in [-0.2, 0) is 6.42 Å². The third kappa shape index (κ3) is 5.46. The van der Waals surface area contributed by atoms with Gasteiger partial charge in [0.25, 0.3) is 0 Å². The van der Waals surface area contributed by atoms with E-state index >= 15 is 0 Å². The molecule has 0 bridgehead atoms. The van der Waals surface area contributed by atoms with Gasteiger partial charge in [0.1, 0.15) is 0 Å². The maximum absolute atomic E-state index is 14.9. The Bertz CT molecular complexity index is 1370. The monoisotopic (exact) mass is 534 g/mol. The number of hydrogen-bond donors (Lipinski definition) is 1. The minimum absolute atomic E-state index is 0.101. The summed E-state index contributed by atoms with van der Waals surface area (Å²) in [5.74, 6) is -7.18. The average molecular weight is 535 g/mol. The molecule has 0 fully saturated rings. The van der Waals surface area contributed by atoms with Crippen molar-refractivity contribution in [2.45, 2.75) is 52.1 Å². The van der Waals surface area contributed by atoms with Gasteiger partial charge in [-0.3, -0.25) is 0 Å². The second-order valence-corrected chi connectivity index (χ2v) is 9.49. The third-order valence-electron chi connectivity index (χ3n) is 7.05. The Morgan fingerprint density at radius 2 is 1.45 bits per heavy atom. The molecule has 202 valence electrons. The van der Waals surface area contributed by atoms with Crippen molar-refractivity contribution >= 4 is 5.57 Å². The van der Waals surface area contributed by atoms with Gasteiger partial charge in [0.05, 0.1) is 12.7 Å². The number of ether oxygens (including phenoxy) is 1. The van der Waals surface area contributed by atoms with Crippen LogP contribution in [0.15, 0.2) is 42.5 Å². The van der Waals surface area contributed by atoms with Crippen molar-refractivity contribution in [3.8, 4) is 16.9 Å². The molecule has 3 aromatic rings. The molecule has 0 saturated carbocycles. The summed E-state index contributed by atoms with van der Waals surface area (Å²) in [4.78, 5) is 0. The highest BCUT2D eigenvalue weighted by atomic mass is 19.2. The van der Waals surface area contributed by atoms with Gasteiger partial charge in [-0.25, -0.2) is 22.0 Å². The summed E-state index contributed by atoms with van der Waals surface area (Å²) >= 11 is 0. The van der Waals surface area contributed by atoms with E-state index in [1.165, 1.54) is 37.3 Å². The van der Waals surface area contributed by atoms with Crippen molar-refractivity contribution in [1.82, 2.24) is 0 Å². The van der Waals surface area contributed by atoms with Crippen LogP contribution < -0.4 is 4.74 Å². The molecule has 2 nitrogen and oxygen atoms in total. The van der Waals surface area contributed by atoms with Crippen LogP contribution in [-0.4, -0.2) is 11.7 Å². The molecule has 0 saturated heterocycles. The Hall–Kier alpha value is -3.26. The van der Waals surface area contributed by atoms with Crippen molar-refractivity contribution < 1.29 is 36.2 Å². The number of aliphatic hydroxyl groups excluding tert-OH is 1. The van der Waals surface area contributed by atoms with E-state index in [4.69, 9.17) is 4.74 Å². The standard InChI is InChI=1S/C30H28F6O2/c1-3-38-24-15-14-23(29(35)30(24)36)22-11-10-19(25(31)28(22)34)9-6-17-4-7-18(8-5-17)21-13-12-20(16(2)37)26(32)27(21)33/h7,10-17,37H,3-6,8-9H2,1-2H3. The van der Waals surface area contributed by atoms with Gasteiger partial charge >= 0.3 is 0 Å². The third-order valence-corrected chi connectivity index (χ3v) is 7.05. The molecule has 0 aliphatic heterocycles. The van der Waals surface area contributed by atoms with E-state index in [0.717, 1.165) is 6.07 Å². The topological polar surface area (TPSA) is 29.5 Å². The second-order valence-electron chi connectivity index (χ2n) is 9.49. The average Bonchev–Trinajstić information content (AvgIpc) is 2.90. The molecule has 4 rings (SSSR count). The fourth-order valence-electron chi connectivity index (χ4n) is 4.89. The Morgan fingerprint density at radius 1 is 0.816 bits per heavy atom. The molecule has 1 aliphatic carbocycles. The van der Waals surface area contributed by atoms with E-state index in [1.807, 2.05) is 6.08 Å². The zero-order chi connectivity index (χ0) is 27.6. The van der Waals surface area contributed by atoms with Gasteiger partial charge in [-0.1, -0.05) is 30.3 Å². The predicted molar refractivity (Wildman–Crippen MR) is 134 cm³/mol. The highest BCUT2D eigenvalue weighted by Gasteiger charge is 2.24. The van der Waals surface area contributed by atoms with Crippen molar-refractivity contribution in [3.63, 3.8) is 0 Å². The summed E-state index contributed by atoms with van der Waals surface area (Å²) in [6.07, 6.45) is 3.18. The van der Waals surface area contributed by atoms with Crippen molar-refractivity contribution in [3.05, 3.63) is 94.1 Å². The lowest BCUT2D eigenvalue weighted by Gasteiger charge is -2.23. The van der Waals surface area contributed by atoms with Gasteiger partial charge < -0.3 is 9.84 Å². The number of aliphatic hydroxyl groups is 1. The van der Waals surface area contributed by atoms with Gasteiger partial charge in [0, 0.05) is 22.3 Å². The number of halogens is 6. The molecule has 0 radical (unpaired) electrons. The Labute approximate surface area is 217 Å². The number of hydrogen-bond acceptors (Lipinski definition) is 2. The molecule has 38 heavy (non-hydrogen) atoms. The summed E-state index contributed by atoms with van der Waals surface area (Å²) < 4.78 is 92.3. The number of rotatable bonds is 8. The van der Waals surface area contributed by atoms with Gasteiger partial charge in [-0.2, -0.15) is 4.39 Å². The van der Waals surface area contributed by atoms with Crippen molar-refractivity contribution in [1.29, 1.82) is 0 Å². The van der Waals surface area contributed by atoms with Gasteiger partial charge in [0.2, 0.25) is 5.82 Å². The molecule has 2 unspecified atom stereocenters. The molecule has 2 atom stereocenters. The van der Waals surface area contributed by atoms with Gasteiger partial charge in [0.15, 0.2) is 34.8 Å². The zero-order valence-corrected chi connectivity index (χ0v) is 21.1. The summed E-state index contributed by atoms with van der Waals surface area (Å²) in [7, 11) is 0. The first-order valence-corrected chi connectivity index (χ1v) is 12.6. The summed E-state index contributed by atoms with van der Waals surface area (Å²) in [5.41, 5.74) is 0.0645. The minimum atomic E-state index is -1.32. The molecular weight excluding hydrogens is 506 g/mol. The van der Waals surface area contributed by atoms with Gasteiger partial charge in [-0.05, 0) is 75.1 Å². The zero-order valence-electron chi connectivity index (χ0n) is 21.1. The minimum Gasteiger partial charge on any atom is -0.491 e. The lowest BCUT2D eigenvalue weighted by atomic mass is 9.83. The van der Waals surface area contributed by atoms with E-state index in [0.29, 0.717) is 31.3 Å². The Morgan fingerprint density at radius 3 is 2.08 bits per heavy atom. The normalized spacial score (nSPS) is 16.3. The predicted octanol–water partition coefficient (Wildman–Crippen LogP) is 8.46. The van der Waals surface area contributed by atoms with Crippen LogP contribution in [0.25, 0.3) is 16.7 Å². The fraction of sp³-hybridized carbons (Fsp3) is 0.333. The Kier molecular flexibility index (Phi) is 8.51. The molecule has 0 heterocycles. The van der Waals surface area contributed by atoms with Crippen LogP contribution in [0.5, 0.6) is 5.75 Å².